The molecule has 1 saturated heterocycles. The van der Waals surface area contributed by atoms with Gasteiger partial charge in [0.05, 0.1) is 11.2 Å². The van der Waals surface area contributed by atoms with Crippen molar-refractivity contribution in [2.24, 2.45) is 0 Å². The summed E-state index contributed by atoms with van der Waals surface area (Å²) >= 11 is 0. The first-order chi connectivity index (χ1) is 10.2. The number of hydrogen-bond donors (Lipinski definition) is 2. The maximum Gasteiger partial charge on any atom is 0.251 e. The third kappa shape index (κ3) is 4.08. The lowest BCUT2D eigenvalue weighted by atomic mass is 9.94. The zero-order valence-corrected chi connectivity index (χ0v) is 14.3. The lowest BCUT2D eigenvalue weighted by Crippen LogP contribution is -2.42. The van der Waals surface area contributed by atoms with Gasteiger partial charge in [0.1, 0.15) is 0 Å². The molecule has 122 valence electrons. The van der Waals surface area contributed by atoms with Gasteiger partial charge in [-0.3, -0.25) is 4.79 Å². The molecule has 1 fully saturated rings. The summed E-state index contributed by atoms with van der Waals surface area (Å²) < 4.78 is 6.10. The van der Waals surface area contributed by atoms with E-state index in [0.29, 0.717) is 18.2 Å². The summed E-state index contributed by atoms with van der Waals surface area (Å²) in [5, 5.41) is 6.40. The monoisotopic (exact) mass is 304 g/mol. The molecule has 1 unspecified atom stereocenters. The third-order valence-electron chi connectivity index (χ3n) is 4.18. The smallest absolute Gasteiger partial charge is 0.251 e. The molecule has 4 nitrogen and oxygen atoms in total. The Morgan fingerprint density at radius 3 is 2.36 bits per heavy atom. The normalized spacial score (nSPS) is 22.5. The highest BCUT2D eigenvalue weighted by molar-refractivity contribution is 5.94. The Morgan fingerprint density at radius 1 is 1.23 bits per heavy atom. The molecule has 2 N–H and O–H groups in total. The summed E-state index contributed by atoms with van der Waals surface area (Å²) in [6.07, 6.45) is 0.997. The number of nitrogens with one attached hydrogen (secondary N) is 2. The van der Waals surface area contributed by atoms with Gasteiger partial charge in [-0.05, 0) is 58.7 Å². The number of carbonyl (C=O) groups is 1. The van der Waals surface area contributed by atoms with Crippen molar-refractivity contribution in [3.63, 3.8) is 0 Å². The van der Waals surface area contributed by atoms with E-state index in [4.69, 9.17) is 4.74 Å². The average Bonchev–Trinajstić information content (AvgIpc) is 2.64. The highest BCUT2D eigenvalue weighted by Crippen LogP contribution is 2.37. The van der Waals surface area contributed by atoms with Crippen molar-refractivity contribution < 1.29 is 9.53 Å². The fourth-order valence-corrected chi connectivity index (χ4v) is 3.16. The minimum atomic E-state index is -0.162. The molecule has 0 spiro atoms. The van der Waals surface area contributed by atoms with E-state index in [9.17, 15) is 4.79 Å². The summed E-state index contributed by atoms with van der Waals surface area (Å²) in [6.45, 7) is 11.9. The lowest BCUT2D eigenvalue weighted by Gasteiger charge is -2.28. The van der Waals surface area contributed by atoms with Crippen LogP contribution >= 0.6 is 0 Å². The Balaban J connectivity index is 1.94. The van der Waals surface area contributed by atoms with Gasteiger partial charge in [-0.25, -0.2) is 0 Å². The Morgan fingerprint density at radius 2 is 1.86 bits per heavy atom. The first-order valence-corrected chi connectivity index (χ1v) is 8.04. The van der Waals surface area contributed by atoms with Crippen molar-refractivity contribution in [1.29, 1.82) is 0 Å². The summed E-state index contributed by atoms with van der Waals surface area (Å²) in [4.78, 5) is 11.7. The van der Waals surface area contributed by atoms with E-state index in [-0.39, 0.29) is 17.1 Å². The van der Waals surface area contributed by atoms with E-state index >= 15 is 0 Å². The summed E-state index contributed by atoms with van der Waals surface area (Å²) in [5.74, 6) is -0.0194. The number of hydrogen-bond acceptors (Lipinski definition) is 3. The second kappa shape index (κ2) is 6.39. The molecule has 22 heavy (non-hydrogen) atoms. The van der Waals surface area contributed by atoms with Gasteiger partial charge in [0.15, 0.2) is 0 Å². The standard InChI is InChI=1S/C18H28N2O2/c1-6-19-16(21)14-9-7-13(8-10-14)12-20-15-11-17(2,3)22-18(15,4)5/h7-10,15,20H,6,11-12H2,1-5H3,(H,19,21). The molecule has 4 heteroatoms. The maximum atomic E-state index is 11.7. The van der Waals surface area contributed by atoms with Gasteiger partial charge < -0.3 is 15.4 Å². The third-order valence-corrected chi connectivity index (χ3v) is 4.18. The van der Waals surface area contributed by atoms with Crippen LogP contribution in [0.25, 0.3) is 0 Å². The van der Waals surface area contributed by atoms with Gasteiger partial charge in [0.25, 0.3) is 5.91 Å². The molecule has 0 bridgehead atoms. The highest BCUT2D eigenvalue weighted by Gasteiger charge is 2.45. The second-order valence-corrected chi connectivity index (χ2v) is 7.16. The zero-order valence-electron chi connectivity index (χ0n) is 14.3. The van der Waals surface area contributed by atoms with E-state index in [1.165, 1.54) is 5.56 Å². The highest BCUT2D eigenvalue weighted by atomic mass is 16.5. The topological polar surface area (TPSA) is 50.4 Å². The number of benzene rings is 1. The van der Waals surface area contributed by atoms with Crippen molar-refractivity contribution >= 4 is 5.91 Å². The van der Waals surface area contributed by atoms with Crippen LogP contribution in [0.2, 0.25) is 0 Å². The van der Waals surface area contributed by atoms with Crippen LogP contribution in [0.15, 0.2) is 24.3 Å². The summed E-state index contributed by atoms with van der Waals surface area (Å²) in [7, 11) is 0. The molecular weight excluding hydrogens is 276 g/mol. The van der Waals surface area contributed by atoms with Gasteiger partial charge in [-0.1, -0.05) is 12.1 Å². The Bertz CT molecular complexity index is 520. The number of rotatable bonds is 5. The van der Waals surface area contributed by atoms with Gasteiger partial charge in [-0.15, -0.1) is 0 Å². The minimum Gasteiger partial charge on any atom is -0.368 e. The first kappa shape index (κ1) is 17.0. The summed E-state index contributed by atoms with van der Waals surface area (Å²) in [5.41, 5.74) is 1.64. The quantitative estimate of drug-likeness (QED) is 0.879. The fourth-order valence-electron chi connectivity index (χ4n) is 3.16. The van der Waals surface area contributed by atoms with Crippen LogP contribution in [0.1, 0.15) is 57.0 Å². The van der Waals surface area contributed by atoms with Crippen molar-refractivity contribution in [3.8, 4) is 0 Å². The van der Waals surface area contributed by atoms with Gasteiger partial charge in [0, 0.05) is 24.7 Å². The molecule has 0 aliphatic carbocycles. The summed E-state index contributed by atoms with van der Waals surface area (Å²) in [6, 6.07) is 8.09. The van der Waals surface area contributed by atoms with Crippen LogP contribution < -0.4 is 10.6 Å². The van der Waals surface area contributed by atoms with E-state index in [1.54, 1.807) is 0 Å². The molecule has 1 aliphatic heterocycles. The van der Waals surface area contributed by atoms with E-state index in [0.717, 1.165) is 13.0 Å². The molecule has 1 heterocycles. The largest absolute Gasteiger partial charge is 0.368 e. The Labute approximate surface area is 133 Å². The Hall–Kier alpha value is -1.39. The van der Waals surface area contributed by atoms with Crippen molar-refractivity contribution in [2.45, 2.75) is 64.8 Å². The van der Waals surface area contributed by atoms with Crippen LogP contribution in [0.5, 0.6) is 0 Å². The zero-order chi connectivity index (χ0) is 16.4. The van der Waals surface area contributed by atoms with Crippen LogP contribution in [-0.4, -0.2) is 29.7 Å². The van der Waals surface area contributed by atoms with E-state index in [2.05, 4.69) is 38.3 Å². The predicted octanol–water partition coefficient (Wildman–Crippen LogP) is 2.87. The van der Waals surface area contributed by atoms with Crippen molar-refractivity contribution in [3.05, 3.63) is 35.4 Å². The van der Waals surface area contributed by atoms with Crippen LogP contribution in [0.4, 0.5) is 0 Å². The molecule has 0 saturated carbocycles. The van der Waals surface area contributed by atoms with Crippen LogP contribution in [0, 0.1) is 0 Å². The molecule has 0 aromatic heterocycles. The lowest BCUT2D eigenvalue weighted by molar-refractivity contribution is -0.0699. The SMILES string of the molecule is CCNC(=O)c1ccc(CNC2CC(C)(C)OC2(C)C)cc1. The molecule has 1 aromatic rings. The molecule has 1 atom stereocenters. The van der Waals surface area contributed by atoms with Crippen molar-refractivity contribution in [2.75, 3.05) is 6.54 Å². The van der Waals surface area contributed by atoms with Crippen molar-refractivity contribution in [1.82, 2.24) is 10.6 Å². The predicted molar refractivity (Wildman–Crippen MR) is 88.9 cm³/mol. The Kier molecular flexibility index (Phi) is 4.93. The molecule has 1 amide bonds. The van der Waals surface area contributed by atoms with E-state index < -0.39 is 0 Å². The van der Waals surface area contributed by atoms with Gasteiger partial charge >= 0.3 is 0 Å². The first-order valence-electron chi connectivity index (χ1n) is 8.04. The number of carbonyl (C=O) groups excluding carboxylic acids is 1. The second-order valence-electron chi connectivity index (χ2n) is 7.16. The molecule has 0 radical (unpaired) electrons. The minimum absolute atomic E-state index is 0.0194. The van der Waals surface area contributed by atoms with Gasteiger partial charge in [-0.2, -0.15) is 0 Å². The fraction of sp³-hybridized carbons (Fsp3) is 0.611. The maximum absolute atomic E-state index is 11.7. The van der Waals surface area contributed by atoms with E-state index in [1.807, 2.05) is 31.2 Å². The molecule has 2 rings (SSSR count). The molecule has 1 aliphatic rings. The number of ether oxygens (including phenoxy) is 1. The van der Waals surface area contributed by atoms with Crippen LogP contribution in [-0.2, 0) is 11.3 Å². The van der Waals surface area contributed by atoms with Crippen LogP contribution in [0.3, 0.4) is 0 Å². The number of amides is 1. The van der Waals surface area contributed by atoms with Gasteiger partial charge in [0.2, 0.25) is 0 Å². The molecular formula is C18H28N2O2. The molecule has 1 aromatic carbocycles. The average molecular weight is 304 g/mol.